The number of nitrogens with one attached hydrogen (secondary N) is 2. The van der Waals surface area contributed by atoms with E-state index in [1.54, 1.807) is 12.5 Å². The number of H-pyrrole nitrogens is 2. The third-order valence-electron chi connectivity index (χ3n) is 2.41. The highest BCUT2D eigenvalue weighted by atomic mass is 32.1. The van der Waals surface area contributed by atoms with E-state index in [-0.39, 0.29) is 0 Å². The lowest BCUT2D eigenvalue weighted by atomic mass is 10.1. The topological polar surface area (TPSA) is 57.4 Å². The molecule has 2 heterocycles. The molecule has 0 aliphatic heterocycles. The summed E-state index contributed by atoms with van der Waals surface area (Å²) in [6, 6.07) is 7.90. The molecule has 0 amide bonds. The summed E-state index contributed by atoms with van der Waals surface area (Å²) in [4.78, 5) is 14.3. The number of hydrogen-bond donors (Lipinski definition) is 2. The van der Waals surface area contributed by atoms with E-state index in [1.165, 1.54) is 0 Å². The summed E-state index contributed by atoms with van der Waals surface area (Å²) in [5, 5.41) is 0. The first-order valence-corrected chi connectivity index (χ1v) is 5.22. The van der Waals surface area contributed by atoms with Crippen molar-refractivity contribution in [3.05, 3.63) is 41.6 Å². The van der Waals surface area contributed by atoms with Crippen molar-refractivity contribution in [2.24, 2.45) is 0 Å². The Balaban J connectivity index is 2.21. The maximum atomic E-state index is 4.99. The summed E-state index contributed by atoms with van der Waals surface area (Å²) in [5.74, 6) is 0. The number of aromatic amines is 2. The van der Waals surface area contributed by atoms with E-state index in [1.807, 2.05) is 24.3 Å². The van der Waals surface area contributed by atoms with Gasteiger partial charge in [0.25, 0.3) is 0 Å². The molecule has 0 atom stereocenters. The highest BCUT2D eigenvalue weighted by Gasteiger charge is 2.01. The van der Waals surface area contributed by atoms with Gasteiger partial charge >= 0.3 is 0 Å². The smallest absolute Gasteiger partial charge is 0.197 e. The summed E-state index contributed by atoms with van der Waals surface area (Å²) in [6.07, 6.45) is 3.38. The molecule has 0 unspecified atom stereocenters. The summed E-state index contributed by atoms with van der Waals surface area (Å²) in [5.41, 5.74) is 3.98. The number of aromatic nitrogens is 4. The molecule has 3 aromatic rings. The number of rotatable bonds is 1. The van der Waals surface area contributed by atoms with E-state index in [2.05, 4.69) is 19.9 Å². The second-order valence-electron chi connectivity index (χ2n) is 3.42. The van der Waals surface area contributed by atoms with E-state index >= 15 is 0 Å². The highest BCUT2D eigenvalue weighted by molar-refractivity contribution is 7.71. The Morgan fingerprint density at radius 2 is 2.06 bits per heavy atom. The van der Waals surface area contributed by atoms with E-state index in [0.29, 0.717) is 4.77 Å². The monoisotopic (exact) mass is 228 g/mol. The van der Waals surface area contributed by atoms with Crippen molar-refractivity contribution in [3.63, 3.8) is 0 Å². The Morgan fingerprint density at radius 3 is 2.94 bits per heavy atom. The fourth-order valence-electron chi connectivity index (χ4n) is 1.64. The summed E-state index contributed by atoms with van der Waals surface area (Å²) >= 11 is 4.99. The van der Waals surface area contributed by atoms with Crippen molar-refractivity contribution in [1.29, 1.82) is 0 Å². The molecule has 4 nitrogen and oxygen atoms in total. The minimum atomic E-state index is 0.488. The van der Waals surface area contributed by atoms with Crippen LogP contribution in [0.4, 0.5) is 0 Å². The molecule has 0 radical (unpaired) electrons. The maximum absolute atomic E-state index is 4.99. The average Bonchev–Trinajstić information content (AvgIpc) is 2.75. The molecule has 0 aliphatic rings. The zero-order valence-corrected chi connectivity index (χ0v) is 9.08. The molecule has 0 saturated carbocycles. The average molecular weight is 228 g/mol. The zero-order valence-electron chi connectivity index (χ0n) is 8.27. The van der Waals surface area contributed by atoms with Gasteiger partial charge in [-0.1, -0.05) is 6.07 Å². The van der Waals surface area contributed by atoms with Crippen LogP contribution < -0.4 is 0 Å². The number of fused-ring (bicyclic) bond motifs is 1. The van der Waals surface area contributed by atoms with Gasteiger partial charge in [0, 0.05) is 17.5 Å². The van der Waals surface area contributed by atoms with Crippen molar-refractivity contribution in [2.45, 2.75) is 0 Å². The Kier molecular flexibility index (Phi) is 2.04. The van der Waals surface area contributed by atoms with Gasteiger partial charge in [0.1, 0.15) is 0 Å². The summed E-state index contributed by atoms with van der Waals surface area (Å²) in [6.45, 7) is 0. The van der Waals surface area contributed by atoms with Crippen molar-refractivity contribution in [3.8, 4) is 11.3 Å². The SMILES string of the molecule is S=c1nccc(-c2ccc3nc[nH]c3c2)[nH]1. The van der Waals surface area contributed by atoms with Gasteiger partial charge in [0.15, 0.2) is 4.77 Å². The molecule has 0 saturated heterocycles. The van der Waals surface area contributed by atoms with E-state index in [9.17, 15) is 0 Å². The molecule has 3 rings (SSSR count). The fourth-order valence-corrected chi connectivity index (χ4v) is 1.81. The van der Waals surface area contributed by atoms with Gasteiger partial charge in [0.05, 0.1) is 17.4 Å². The van der Waals surface area contributed by atoms with Gasteiger partial charge in [-0.3, -0.25) is 0 Å². The molecule has 2 aromatic heterocycles. The third-order valence-corrected chi connectivity index (χ3v) is 2.61. The van der Waals surface area contributed by atoms with Gasteiger partial charge in [-0.25, -0.2) is 9.97 Å². The highest BCUT2D eigenvalue weighted by Crippen LogP contribution is 2.20. The molecule has 78 valence electrons. The lowest BCUT2D eigenvalue weighted by Gasteiger charge is -2.00. The second-order valence-corrected chi connectivity index (χ2v) is 3.81. The van der Waals surface area contributed by atoms with Crippen molar-refractivity contribution >= 4 is 23.3 Å². The molecule has 0 aliphatic carbocycles. The van der Waals surface area contributed by atoms with E-state index < -0.39 is 0 Å². The van der Waals surface area contributed by atoms with Crippen LogP contribution in [0.3, 0.4) is 0 Å². The molecule has 0 bridgehead atoms. The predicted octanol–water partition coefficient (Wildman–Crippen LogP) is 2.68. The van der Waals surface area contributed by atoms with Crippen LogP contribution in [0.15, 0.2) is 36.8 Å². The molecule has 2 N–H and O–H groups in total. The van der Waals surface area contributed by atoms with Crippen LogP contribution in [0.1, 0.15) is 0 Å². The Bertz CT molecular complexity index is 698. The van der Waals surface area contributed by atoms with Crippen LogP contribution in [0.25, 0.3) is 22.3 Å². The molecule has 5 heteroatoms. The van der Waals surface area contributed by atoms with Crippen molar-refractivity contribution in [1.82, 2.24) is 19.9 Å². The first-order valence-electron chi connectivity index (χ1n) is 4.82. The van der Waals surface area contributed by atoms with Crippen LogP contribution in [0.5, 0.6) is 0 Å². The lowest BCUT2D eigenvalue weighted by Crippen LogP contribution is -1.86. The van der Waals surface area contributed by atoms with Crippen molar-refractivity contribution < 1.29 is 0 Å². The fraction of sp³-hybridized carbons (Fsp3) is 0. The number of benzene rings is 1. The van der Waals surface area contributed by atoms with Crippen LogP contribution in [-0.2, 0) is 0 Å². The predicted molar refractivity (Wildman–Crippen MR) is 64.5 cm³/mol. The molecule has 1 aromatic carbocycles. The minimum absolute atomic E-state index is 0.488. The standard InChI is InChI=1S/C11H8N4S/c16-11-12-4-3-8(15-11)7-1-2-9-10(5-7)14-6-13-9/h1-6H,(H,13,14)(H,12,15,16). The summed E-state index contributed by atoms with van der Waals surface area (Å²) < 4.78 is 0.488. The molecule has 0 fully saturated rings. The molecule has 0 spiro atoms. The number of hydrogen-bond acceptors (Lipinski definition) is 3. The molecule has 16 heavy (non-hydrogen) atoms. The van der Waals surface area contributed by atoms with Gasteiger partial charge in [-0.2, -0.15) is 0 Å². The van der Waals surface area contributed by atoms with Crippen LogP contribution in [0.2, 0.25) is 0 Å². The zero-order chi connectivity index (χ0) is 11.0. The Labute approximate surface area is 96.4 Å². The van der Waals surface area contributed by atoms with Crippen LogP contribution in [-0.4, -0.2) is 19.9 Å². The molecular formula is C11H8N4S. The van der Waals surface area contributed by atoms with Gasteiger partial charge in [-0.15, -0.1) is 0 Å². The van der Waals surface area contributed by atoms with E-state index in [4.69, 9.17) is 12.2 Å². The maximum Gasteiger partial charge on any atom is 0.197 e. The van der Waals surface area contributed by atoms with Crippen molar-refractivity contribution in [2.75, 3.05) is 0 Å². The van der Waals surface area contributed by atoms with E-state index in [0.717, 1.165) is 22.3 Å². The first-order chi connectivity index (χ1) is 7.83. The Morgan fingerprint density at radius 1 is 1.12 bits per heavy atom. The quantitative estimate of drug-likeness (QED) is 0.629. The summed E-state index contributed by atoms with van der Waals surface area (Å²) in [7, 11) is 0. The number of imidazole rings is 1. The normalized spacial score (nSPS) is 10.8. The second kappa shape index (κ2) is 3.53. The third kappa shape index (κ3) is 1.51. The van der Waals surface area contributed by atoms with Gasteiger partial charge < -0.3 is 9.97 Å². The van der Waals surface area contributed by atoms with Gasteiger partial charge in [0.2, 0.25) is 0 Å². The van der Waals surface area contributed by atoms with Gasteiger partial charge in [-0.05, 0) is 30.4 Å². The minimum Gasteiger partial charge on any atom is -0.345 e. The Hall–Kier alpha value is -2.01. The van der Waals surface area contributed by atoms with Crippen LogP contribution in [0, 0.1) is 4.77 Å². The lowest BCUT2D eigenvalue weighted by molar-refractivity contribution is 1.14. The molecular weight excluding hydrogens is 220 g/mol. The largest absolute Gasteiger partial charge is 0.345 e. The first kappa shape index (κ1) is 9.23. The van der Waals surface area contributed by atoms with Crippen LogP contribution >= 0.6 is 12.2 Å². The number of nitrogens with zero attached hydrogens (tertiary/aromatic N) is 2.